The maximum absolute atomic E-state index is 6.04. The molecular formula is C16H17ClN6. The maximum atomic E-state index is 6.04. The van der Waals surface area contributed by atoms with Crippen LogP contribution in [0.1, 0.15) is 18.9 Å². The summed E-state index contributed by atoms with van der Waals surface area (Å²) in [5.41, 5.74) is 1.77. The van der Waals surface area contributed by atoms with Crippen molar-refractivity contribution < 1.29 is 0 Å². The first-order valence-corrected chi connectivity index (χ1v) is 8.10. The quantitative estimate of drug-likeness (QED) is 0.773. The Balaban J connectivity index is 1.69. The highest BCUT2D eigenvalue weighted by atomic mass is 35.5. The number of fused-ring (bicyclic) bond motifs is 1. The van der Waals surface area contributed by atoms with Crippen molar-refractivity contribution in [1.82, 2.24) is 25.1 Å². The van der Waals surface area contributed by atoms with Crippen molar-refractivity contribution >= 4 is 34.1 Å². The van der Waals surface area contributed by atoms with Gasteiger partial charge in [0, 0.05) is 10.7 Å². The molecule has 0 aliphatic carbocycles. The molecule has 3 heterocycles. The Hall–Kier alpha value is -2.18. The highest BCUT2D eigenvalue weighted by Gasteiger charge is 2.19. The van der Waals surface area contributed by atoms with Gasteiger partial charge in [-0.1, -0.05) is 17.7 Å². The normalized spacial score (nSPS) is 15.9. The van der Waals surface area contributed by atoms with Gasteiger partial charge in [-0.25, -0.2) is 14.6 Å². The van der Waals surface area contributed by atoms with Crippen LogP contribution in [0.3, 0.4) is 0 Å². The molecule has 0 atom stereocenters. The van der Waals surface area contributed by atoms with Crippen LogP contribution in [-0.2, 0) is 0 Å². The van der Waals surface area contributed by atoms with Crippen molar-refractivity contribution in [1.29, 1.82) is 0 Å². The second-order valence-corrected chi connectivity index (χ2v) is 6.10. The molecule has 0 bridgehead atoms. The molecule has 1 saturated heterocycles. The zero-order valence-corrected chi connectivity index (χ0v) is 13.3. The lowest BCUT2D eigenvalue weighted by Gasteiger charge is -2.23. The van der Waals surface area contributed by atoms with Crippen molar-refractivity contribution in [3.05, 3.63) is 41.8 Å². The number of nitrogens with one attached hydrogen (secondary N) is 2. The van der Waals surface area contributed by atoms with E-state index in [0.29, 0.717) is 11.1 Å². The molecule has 1 aliphatic heterocycles. The van der Waals surface area contributed by atoms with Crippen LogP contribution in [0, 0.1) is 0 Å². The molecule has 3 aromatic rings. The molecule has 2 aromatic heterocycles. The minimum Gasteiger partial charge on any atom is -0.339 e. The summed E-state index contributed by atoms with van der Waals surface area (Å²) in [6.45, 7) is 2.04. The fraction of sp³-hybridized carbons (Fsp3) is 0.312. The average Bonchev–Trinajstić information content (AvgIpc) is 3.01. The Labute approximate surface area is 138 Å². The Morgan fingerprint density at radius 1 is 1.22 bits per heavy atom. The summed E-state index contributed by atoms with van der Waals surface area (Å²) in [4.78, 5) is 8.80. The third kappa shape index (κ3) is 2.87. The lowest BCUT2D eigenvalue weighted by Crippen LogP contribution is -2.29. The molecule has 1 aliphatic rings. The number of anilines is 2. The number of hydrogen-bond donors (Lipinski definition) is 2. The fourth-order valence-electron chi connectivity index (χ4n) is 2.98. The molecule has 0 saturated carbocycles. The van der Waals surface area contributed by atoms with E-state index in [1.54, 1.807) is 6.33 Å². The molecule has 23 heavy (non-hydrogen) atoms. The van der Waals surface area contributed by atoms with Gasteiger partial charge in [0.15, 0.2) is 5.65 Å². The molecule has 0 spiro atoms. The van der Waals surface area contributed by atoms with E-state index in [9.17, 15) is 0 Å². The van der Waals surface area contributed by atoms with Crippen LogP contribution in [-0.4, -0.2) is 32.8 Å². The van der Waals surface area contributed by atoms with Crippen LogP contribution in [0.2, 0.25) is 5.02 Å². The Morgan fingerprint density at radius 3 is 2.91 bits per heavy atom. The third-order valence-corrected chi connectivity index (χ3v) is 4.37. The molecule has 2 N–H and O–H groups in total. The van der Waals surface area contributed by atoms with Crippen molar-refractivity contribution in [2.24, 2.45) is 0 Å². The van der Waals surface area contributed by atoms with Crippen LogP contribution < -0.4 is 10.6 Å². The van der Waals surface area contributed by atoms with Gasteiger partial charge in [0.1, 0.15) is 12.1 Å². The lowest BCUT2D eigenvalue weighted by atomic mass is 10.1. The van der Waals surface area contributed by atoms with Crippen LogP contribution in [0.5, 0.6) is 0 Å². The van der Waals surface area contributed by atoms with Crippen molar-refractivity contribution in [2.75, 3.05) is 18.4 Å². The summed E-state index contributed by atoms with van der Waals surface area (Å²) in [5, 5.41) is 12.8. The highest BCUT2D eigenvalue weighted by molar-refractivity contribution is 6.30. The summed E-state index contributed by atoms with van der Waals surface area (Å²) in [5.74, 6) is 0.748. The van der Waals surface area contributed by atoms with Crippen LogP contribution in [0.4, 0.5) is 11.5 Å². The first-order valence-electron chi connectivity index (χ1n) is 7.73. The number of halogens is 1. The minimum atomic E-state index is 0.391. The topological polar surface area (TPSA) is 67.7 Å². The van der Waals surface area contributed by atoms with E-state index in [1.807, 2.05) is 35.1 Å². The summed E-state index contributed by atoms with van der Waals surface area (Å²) in [6, 6.07) is 7.96. The molecule has 1 aromatic carbocycles. The zero-order chi connectivity index (χ0) is 15.6. The number of piperidine rings is 1. The predicted octanol–water partition coefficient (Wildman–Crippen LogP) is 3.15. The standard InChI is InChI=1S/C16H17ClN6/c17-11-2-1-3-12(8-11)22-15-14-9-21-23(16(14)20-10-19-15)13-4-6-18-7-5-13/h1-3,8-10,13,18H,4-7H2,(H,19,20,22). The molecule has 0 unspecified atom stereocenters. The first kappa shape index (κ1) is 14.4. The van der Waals surface area contributed by atoms with Gasteiger partial charge in [-0.2, -0.15) is 5.10 Å². The fourth-order valence-corrected chi connectivity index (χ4v) is 3.17. The molecule has 7 heteroatoms. The van der Waals surface area contributed by atoms with E-state index in [-0.39, 0.29) is 0 Å². The van der Waals surface area contributed by atoms with Gasteiger partial charge in [0.25, 0.3) is 0 Å². The summed E-state index contributed by atoms with van der Waals surface area (Å²) >= 11 is 6.04. The average molecular weight is 329 g/mol. The predicted molar refractivity (Wildman–Crippen MR) is 91.2 cm³/mol. The molecule has 4 rings (SSSR count). The second-order valence-electron chi connectivity index (χ2n) is 5.67. The van der Waals surface area contributed by atoms with Crippen LogP contribution in [0.25, 0.3) is 11.0 Å². The second kappa shape index (κ2) is 6.14. The van der Waals surface area contributed by atoms with Gasteiger partial charge in [0.2, 0.25) is 0 Å². The van der Waals surface area contributed by atoms with E-state index in [2.05, 4.69) is 25.7 Å². The van der Waals surface area contributed by atoms with Gasteiger partial charge >= 0.3 is 0 Å². The number of benzene rings is 1. The smallest absolute Gasteiger partial charge is 0.163 e. The highest BCUT2D eigenvalue weighted by Crippen LogP contribution is 2.27. The molecular weight excluding hydrogens is 312 g/mol. The van der Waals surface area contributed by atoms with E-state index in [4.69, 9.17) is 11.6 Å². The molecule has 6 nitrogen and oxygen atoms in total. The van der Waals surface area contributed by atoms with Crippen molar-refractivity contribution in [2.45, 2.75) is 18.9 Å². The zero-order valence-electron chi connectivity index (χ0n) is 12.5. The SMILES string of the molecule is Clc1cccc(Nc2ncnc3c2cnn3C2CCNCC2)c1. The molecule has 118 valence electrons. The summed E-state index contributed by atoms with van der Waals surface area (Å²) in [7, 11) is 0. The van der Waals surface area contributed by atoms with Gasteiger partial charge in [0.05, 0.1) is 17.6 Å². The summed E-state index contributed by atoms with van der Waals surface area (Å²) < 4.78 is 2.03. The Morgan fingerprint density at radius 2 is 2.09 bits per heavy atom. The Bertz CT molecular complexity index is 824. The largest absolute Gasteiger partial charge is 0.339 e. The van der Waals surface area contributed by atoms with Crippen LogP contribution in [0.15, 0.2) is 36.8 Å². The molecule has 0 amide bonds. The minimum absolute atomic E-state index is 0.391. The first-order chi connectivity index (χ1) is 11.3. The number of rotatable bonds is 3. The van der Waals surface area contributed by atoms with E-state index in [0.717, 1.165) is 48.5 Å². The molecule has 0 radical (unpaired) electrons. The molecule has 1 fully saturated rings. The van der Waals surface area contributed by atoms with Crippen molar-refractivity contribution in [3.63, 3.8) is 0 Å². The Kier molecular flexibility index (Phi) is 3.85. The monoisotopic (exact) mass is 328 g/mol. The number of hydrogen-bond acceptors (Lipinski definition) is 5. The van der Waals surface area contributed by atoms with Crippen LogP contribution >= 0.6 is 11.6 Å². The van der Waals surface area contributed by atoms with Gasteiger partial charge in [-0.05, 0) is 44.1 Å². The van der Waals surface area contributed by atoms with Gasteiger partial charge in [-0.15, -0.1) is 0 Å². The van der Waals surface area contributed by atoms with E-state index < -0.39 is 0 Å². The van der Waals surface area contributed by atoms with Gasteiger partial charge < -0.3 is 10.6 Å². The maximum Gasteiger partial charge on any atom is 0.163 e. The summed E-state index contributed by atoms with van der Waals surface area (Å²) in [6.07, 6.45) is 5.55. The number of aromatic nitrogens is 4. The van der Waals surface area contributed by atoms with E-state index >= 15 is 0 Å². The van der Waals surface area contributed by atoms with E-state index in [1.165, 1.54) is 0 Å². The van der Waals surface area contributed by atoms with Crippen molar-refractivity contribution in [3.8, 4) is 0 Å². The third-order valence-electron chi connectivity index (χ3n) is 4.13. The number of nitrogens with zero attached hydrogens (tertiary/aromatic N) is 4. The van der Waals surface area contributed by atoms with Gasteiger partial charge in [-0.3, -0.25) is 0 Å². The lowest BCUT2D eigenvalue weighted by molar-refractivity contribution is 0.349.